The lowest BCUT2D eigenvalue weighted by molar-refractivity contribution is -0.119. The van der Waals surface area contributed by atoms with E-state index < -0.39 is 0 Å². The van der Waals surface area contributed by atoms with Crippen LogP contribution in [0.15, 0.2) is 0 Å². The van der Waals surface area contributed by atoms with Gasteiger partial charge in [-0.05, 0) is 39.4 Å². The Balaban J connectivity index is -0.000000232. The first-order valence-electron chi connectivity index (χ1n) is 6.66. The lowest BCUT2D eigenvalue weighted by Gasteiger charge is -2.14. The maximum Gasteiger partial charge on any atom is 0.146 e. The number of Topliss-reactive ketones (excluding diaryl/α,β-unsaturated/α-hetero) is 1. The Labute approximate surface area is 104 Å². The third-order valence-corrected chi connectivity index (χ3v) is 2.29. The maximum absolute atomic E-state index is 11.2. The number of nitrogens with one attached hydrogen (secondary N) is 2. The van der Waals surface area contributed by atoms with Crippen molar-refractivity contribution in [2.45, 2.75) is 59.9 Å². The second-order valence-electron chi connectivity index (χ2n) is 3.57. The smallest absolute Gasteiger partial charge is 0.146 e. The van der Waals surface area contributed by atoms with E-state index >= 15 is 0 Å². The largest absolute Gasteiger partial charge is 0.317 e. The summed E-state index contributed by atoms with van der Waals surface area (Å²) >= 11 is 0. The summed E-state index contributed by atoms with van der Waals surface area (Å²) in [7, 11) is 0. The van der Waals surface area contributed by atoms with Crippen LogP contribution in [-0.4, -0.2) is 31.5 Å². The van der Waals surface area contributed by atoms with Crippen LogP contribution in [0.4, 0.5) is 0 Å². The van der Waals surface area contributed by atoms with Crippen molar-refractivity contribution in [3.05, 3.63) is 0 Å². The first kappa shape index (κ1) is 18.0. The molecular weight excluding hydrogens is 200 g/mol. The second kappa shape index (κ2) is 14.6. The number of carbonyl (C=O) groups excluding carboxylic acids is 1. The van der Waals surface area contributed by atoms with Crippen LogP contribution in [0, 0.1) is 0 Å². The molecule has 102 valence electrons. The third-order valence-electron chi connectivity index (χ3n) is 2.29. The van der Waals surface area contributed by atoms with Gasteiger partial charge in [0, 0.05) is 2.85 Å². The Hall–Kier alpha value is -0.410. The van der Waals surface area contributed by atoms with Gasteiger partial charge in [0.25, 0.3) is 0 Å². The number of unbranched alkanes of at least 4 members (excludes halogenated alkanes) is 1. The molecule has 0 fully saturated rings. The van der Waals surface area contributed by atoms with Gasteiger partial charge in [-0.1, -0.05) is 34.1 Å². The molecule has 0 aromatic carbocycles. The Morgan fingerprint density at radius 3 is 2.25 bits per heavy atom. The Bertz CT molecular complexity index is 158. The number of carbonyl (C=O) groups is 1. The molecule has 0 aromatic rings. The predicted molar refractivity (Wildman–Crippen MR) is 76.1 cm³/mol. The standard InChI is InChI=1S/C11H24N2O.C2H6.2H2/c1-4-12-9-7-6-8-11(10(3)14)13-5-2;1-2;;/h11-13H,4-9H2,1-3H3;1-2H3;2*1H. The van der Waals surface area contributed by atoms with Crippen LogP contribution in [0.2, 0.25) is 0 Å². The molecule has 0 saturated heterocycles. The van der Waals surface area contributed by atoms with Crippen LogP contribution in [0.3, 0.4) is 0 Å². The van der Waals surface area contributed by atoms with Gasteiger partial charge in [0.15, 0.2) is 0 Å². The number of hydrogen-bond acceptors (Lipinski definition) is 3. The fourth-order valence-electron chi connectivity index (χ4n) is 1.47. The number of ketones is 1. The van der Waals surface area contributed by atoms with Crippen molar-refractivity contribution in [3.8, 4) is 0 Å². The summed E-state index contributed by atoms with van der Waals surface area (Å²) in [6.45, 7) is 12.8. The van der Waals surface area contributed by atoms with E-state index in [9.17, 15) is 4.79 Å². The van der Waals surface area contributed by atoms with E-state index in [0.29, 0.717) is 0 Å². The van der Waals surface area contributed by atoms with Crippen molar-refractivity contribution in [3.63, 3.8) is 0 Å². The molecule has 0 aromatic heterocycles. The van der Waals surface area contributed by atoms with Gasteiger partial charge in [-0.25, -0.2) is 0 Å². The SMILES string of the molecule is CC.CCNCCCCC(NCC)C(C)=O.[HH].[HH]. The summed E-state index contributed by atoms with van der Waals surface area (Å²) < 4.78 is 0. The predicted octanol–water partition coefficient (Wildman–Crippen LogP) is 2.85. The zero-order valence-electron chi connectivity index (χ0n) is 11.7. The summed E-state index contributed by atoms with van der Waals surface area (Å²) in [4.78, 5) is 11.2. The Kier molecular flexibility index (Phi) is 16.4. The van der Waals surface area contributed by atoms with E-state index in [-0.39, 0.29) is 14.7 Å². The van der Waals surface area contributed by atoms with E-state index in [2.05, 4.69) is 17.6 Å². The molecule has 0 rings (SSSR count). The van der Waals surface area contributed by atoms with E-state index in [1.807, 2.05) is 20.8 Å². The van der Waals surface area contributed by atoms with Gasteiger partial charge in [0.2, 0.25) is 0 Å². The summed E-state index contributed by atoms with van der Waals surface area (Å²) in [5, 5.41) is 6.48. The molecule has 0 heterocycles. The number of hydrogen-bond donors (Lipinski definition) is 2. The number of rotatable bonds is 9. The molecule has 0 radical (unpaired) electrons. The average molecular weight is 234 g/mol. The Morgan fingerprint density at radius 1 is 1.19 bits per heavy atom. The highest BCUT2D eigenvalue weighted by Crippen LogP contribution is 2.01. The maximum atomic E-state index is 11.2. The molecular formula is C13H34N2O. The summed E-state index contributed by atoms with van der Waals surface area (Å²) in [6, 6.07) is 0.0710. The van der Waals surface area contributed by atoms with Gasteiger partial charge in [-0.15, -0.1) is 0 Å². The highest BCUT2D eigenvalue weighted by molar-refractivity contribution is 5.81. The van der Waals surface area contributed by atoms with Crippen LogP contribution in [0.1, 0.15) is 56.7 Å². The average Bonchev–Trinajstić information content (AvgIpc) is 2.30. The van der Waals surface area contributed by atoms with Gasteiger partial charge in [-0.3, -0.25) is 4.79 Å². The van der Waals surface area contributed by atoms with E-state index in [0.717, 1.165) is 38.9 Å². The fourth-order valence-corrected chi connectivity index (χ4v) is 1.47. The van der Waals surface area contributed by atoms with Crippen LogP contribution < -0.4 is 10.6 Å². The van der Waals surface area contributed by atoms with Crippen molar-refractivity contribution in [2.75, 3.05) is 19.6 Å². The molecule has 0 aliphatic carbocycles. The zero-order chi connectivity index (χ0) is 12.8. The molecule has 0 aliphatic heterocycles. The van der Waals surface area contributed by atoms with E-state index in [4.69, 9.17) is 0 Å². The topological polar surface area (TPSA) is 41.1 Å². The molecule has 0 aliphatic rings. The molecule has 1 atom stereocenters. The van der Waals surface area contributed by atoms with Crippen molar-refractivity contribution in [1.29, 1.82) is 0 Å². The lowest BCUT2D eigenvalue weighted by atomic mass is 10.1. The third kappa shape index (κ3) is 11.7. The first-order chi connectivity index (χ1) is 7.72. The van der Waals surface area contributed by atoms with Crippen molar-refractivity contribution in [2.24, 2.45) is 0 Å². The van der Waals surface area contributed by atoms with Crippen LogP contribution in [-0.2, 0) is 4.79 Å². The summed E-state index contributed by atoms with van der Waals surface area (Å²) in [6.07, 6.45) is 3.24. The highest BCUT2D eigenvalue weighted by Gasteiger charge is 2.10. The van der Waals surface area contributed by atoms with E-state index in [1.165, 1.54) is 0 Å². The molecule has 0 saturated carbocycles. The molecule has 0 amide bonds. The zero-order valence-corrected chi connectivity index (χ0v) is 11.7. The minimum Gasteiger partial charge on any atom is -0.317 e. The number of likely N-dealkylation sites (N-methyl/N-ethyl adjacent to an activating group) is 1. The minimum absolute atomic E-state index is 0. The summed E-state index contributed by atoms with van der Waals surface area (Å²) in [5.41, 5.74) is 0. The van der Waals surface area contributed by atoms with Gasteiger partial charge >= 0.3 is 0 Å². The van der Waals surface area contributed by atoms with Crippen molar-refractivity contribution >= 4 is 5.78 Å². The summed E-state index contributed by atoms with van der Waals surface area (Å²) in [5.74, 6) is 0.260. The quantitative estimate of drug-likeness (QED) is 0.603. The molecule has 2 N–H and O–H groups in total. The lowest BCUT2D eigenvalue weighted by Crippen LogP contribution is -2.35. The fraction of sp³-hybridized carbons (Fsp3) is 0.923. The molecule has 1 unspecified atom stereocenters. The first-order valence-corrected chi connectivity index (χ1v) is 6.66. The molecule has 0 spiro atoms. The normalized spacial score (nSPS) is 11.6. The van der Waals surface area contributed by atoms with Crippen LogP contribution >= 0.6 is 0 Å². The van der Waals surface area contributed by atoms with Crippen molar-refractivity contribution in [1.82, 2.24) is 10.6 Å². The molecule has 3 heteroatoms. The molecule has 3 nitrogen and oxygen atoms in total. The highest BCUT2D eigenvalue weighted by atomic mass is 16.1. The van der Waals surface area contributed by atoms with E-state index in [1.54, 1.807) is 6.92 Å². The second-order valence-corrected chi connectivity index (χ2v) is 3.57. The van der Waals surface area contributed by atoms with Crippen molar-refractivity contribution < 1.29 is 7.65 Å². The molecule has 16 heavy (non-hydrogen) atoms. The van der Waals surface area contributed by atoms with Crippen LogP contribution in [0.25, 0.3) is 0 Å². The molecule has 0 bridgehead atoms. The van der Waals surface area contributed by atoms with Gasteiger partial charge < -0.3 is 10.6 Å². The van der Waals surface area contributed by atoms with Gasteiger partial charge in [0.1, 0.15) is 5.78 Å². The monoisotopic (exact) mass is 234 g/mol. The minimum atomic E-state index is 0. The van der Waals surface area contributed by atoms with Crippen LogP contribution in [0.5, 0.6) is 0 Å². The Morgan fingerprint density at radius 2 is 1.81 bits per heavy atom. The van der Waals surface area contributed by atoms with Gasteiger partial charge in [0.05, 0.1) is 6.04 Å². The van der Waals surface area contributed by atoms with Gasteiger partial charge in [-0.2, -0.15) is 0 Å².